The summed E-state index contributed by atoms with van der Waals surface area (Å²) in [7, 11) is 0. The predicted octanol–water partition coefficient (Wildman–Crippen LogP) is 2.42. The summed E-state index contributed by atoms with van der Waals surface area (Å²) in [5, 5.41) is 5.91. The second-order valence-corrected chi connectivity index (χ2v) is 4.95. The molecule has 17 heavy (non-hydrogen) atoms. The van der Waals surface area contributed by atoms with Crippen LogP contribution in [0.2, 0.25) is 5.02 Å². The molecule has 3 nitrogen and oxygen atoms in total. The summed E-state index contributed by atoms with van der Waals surface area (Å²) in [6.07, 6.45) is 0.741. The van der Waals surface area contributed by atoms with Crippen molar-refractivity contribution in [2.45, 2.75) is 13.3 Å². The molecule has 5 heteroatoms. The van der Waals surface area contributed by atoms with Gasteiger partial charge in [0, 0.05) is 6.54 Å². The molecule has 0 spiro atoms. The Morgan fingerprint density at radius 1 is 1.59 bits per heavy atom. The number of nitrogens with one attached hydrogen (secondary N) is 2. The van der Waals surface area contributed by atoms with Gasteiger partial charge in [-0.05, 0) is 32.0 Å². The third-order valence-corrected chi connectivity index (χ3v) is 3.43. The Balaban J connectivity index is 2.18. The van der Waals surface area contributed by atoms with Gasteiger partial charge in [-0.2, -0.15) is 0 Å². The summed E-state index contributed by atoms with van der Waals surface area (Å²) in [5.41, 5.74) is -0.432. The number of anilines is 1. The molecule has 1 aliphatic rings. The zero-order valence-electron chi connectivity index (χ0n) is 9.52. The molecule has 1 aromatic rings. The number of benzene rings is 1. The van der Waals surface area contributed by atoms with Gasteiger partial charge in [0.15, 0.2) is 0 Å². The number of hydrogen-bond acceptors (Lipinski definition) is 2. The molecule has 1 amide bonds. The first-order valence-electron chi connectivity index (χ1n) is 5.49. The van der Waals surface area contributed by atoms with Gasteiger partial charge in [-0.3, -0.25) is 4.79 Å². The van der Waals surface area contributed by atoms with Crippen LogP contribution in [-0.4, -0.2) is 19.0 Å². The highest BCUT2D eigenvalue weighted by atomic mass is 35.5. The van der Waals surface area contributed by atoms with Gasteiger partial charge in [-0.25, -0.2) is 4.39 Å². The van der Waals surface area contributed by atoms with E-state index >= 15 is 0 Å². The Hall–Kier alpha value is -1.13. The van der Waals surface area contributed by atoms with E-state index in [0.717, 1.165) is 13.0 Å². The first-order chi connectivity index (χ1) is 8.03. The minimum absolute atomic E-state index is 0.0623. The monoisotopic (exact) mass is 256 g/mol. The first-order valence-corrected chi connectivity index (χ1v) is 5.87. The maximum atomic E-state index is 13.5. The van der Waals surface area contributed by atoms with Gasteiger partial charge in [-0.15, -0.1) is 0 Å². The Morgan fingerprint density at radius 3 is 2.94 bits per heavy atom. The van der Waals surface area contributed by atoms with E-state index in [1.165, 1.54) is 12.1 Å². The third kappa shape index (κ3) is 2.42. The first kappa shape index (κ1) is 12.3. The average molecular weight is 257 g/mol. The second-order valence-electron chi connectivity index (χ2n) is 4.54. The Morgan fingerprint density at radius 2 is 2.35 bits per heavy atom. The molecule has 0 aliphatic carbocycles. The molecule has 0 aromatic heterocycles. The zero-order valence-corrected chi connectivity index (χ0v) is 10.3. The van der Waals surface area contributed by atoms with Crippen molar-refractivity contribution in [3.05, 3.63) is 29.0 Å². The lowest BCUT2D eigenvalue weighted by molar-refractivity contribution is -0.123. The molecule has 1 unspecified atom stereocenters. The third-order valence-electron chi connectivity index (χ3n) is 3.12. The van der Waals surface area contributed by atoms with E-state index in [-0.39, 0.29) is 16.6 Å². The molecule has 1 heterocycles. The van der Waals surface area contributed by atoms with Crippen molar-refractivity contribution >= 4 is 23.2 Å². The van der Waals surface area contributed by atoms with E-state index in [0.29, 0.717) is 6.54 Å². The van der Waals surface area contributed by atoms with E-state index in [2.05, 4.69) is 10.6 Å². The highest BCUT2D eigenvalue weighted by molar-refractivity contribution is 6.33. The SMILES string of the molecule is CC1(C(=O)Nc2c(F)cccc2Cl)CCNC1. The van der Waals surface area contributed by atoms with Gasteiger partial charge in [0.1, 0.15) is 5.82 Å². The lowest BCUT2D eigenvalue weighted by Crippen LogP contribution is -2.35. The standard InChI is InChI=1S/C12H14ClFN2O/c1-12(5-6-15-7-12)11(17)16-10-8(13)3-2-4-9(10)14/h2-4,15H,5-7H2,1H3,(H,16,17). The maximum absolute atomic E-state index is 13.5. The van der Waals surface area contributed by atoms with E-state index < -0.39 is 11.2 Å². The molecule has 1 saturated heterocycles. The number of para-hydroxylation sites is 1. The van der Waals surface area contributed by atoms with Crippen molar-refractivity contribution in [1.82, 2.24) is 5.32 Å². The quantitative estimate of drug-likeness (QED) is 0.853. The number of amides is 1. The molecular formula is C12H14ClFN2O. The summed E-state index contributed by atoms with van der Waals surface area (Å²) in [5.74, 6) is -0.713. The zero-order chi connectivity index (χ0) is 12.5. The summed E-state index contributed by atoms with van der Waals surface area (Å²) in [6.45, 7) is 3.26. The van der Waals surface area contributed by atoms with Crippen molar-refractivity contribution in [3.63, 3.8) is 0 Å². The van der Waals surface area contributed by atoms with E-state index in [9.17, 15) is 9.18 Å². The van der Waals surface area contributed by atoms with Gasteiger partial charge in [0.25, 0.3) is 0 Å². The smallest absolute Gasteiger partial charge is 0.231 e. The predicted molar refractivity (Wildman–Crippen MR) is 65.6 cm³/mol. The van der Waals surface area contributed by atoms with Crippen LogP contribution in [0.25, 0.3) is 0 Å². The lowest BCUT2D eigenvalue weighted by atomic mass is 9.89. The molecule has 2 rings (SSSR count). The molecule has 1 aromatic carbocycles. The molecule has 1 atom stereocenters. The van der Waals surface area contributed by atoms with E-state index in [1.807, 2.05) is 6.92 Å². The van der Waals surface area contributed by atoms with E-state index in [1.54, 1.807) is 6.07 Å². The van der Waals surface area contributed by atoms with Crippen LogP contribution in [0.4, 0.5) is 10.1 Å². The minimum Gasteiger partial charge on any atom is -0.322 e. The van der Waals surface area contributed by atoms with Crippen molar-refractivity contribution in [3.8, 4) is 0 Å². The van der Waals surface area contributed by atoms with E-state index in [4.69, 9.17) is 11.6 Å². The van der Waals surface area contributed by atoms with Gasteiger partial charge >= 0.3 is 0 Å². The normalized spacial score (nSPS) is 23.7. The maximum Gasteiger partial charge on any atom is 0.231 e. The molecule has 0 radical (unpaired) electrons. The number of carbonyl (C=O) groups excluding carboxylic acids is 1. The molecule has 92 valence electrons. The lowest BCUT2D eigenvalue weighted by Gasteiger charge is -2.22. The van der Waals surface area contributed by atoms with Crippen LogP contribution < -0.4 is 10.6 Å². The fourth-order valence-electron chi connectivity index (χ4n) is 1.89. The minimum atomic E-state index is -0.514. The van der Waals surface area contributed by atoms with Gasteiger partial charge in [0.05, 0.1) is 16.1 Å². The number of rotatable bonds is 2. The Labute approximate surface area is 104 Å². The van der Waals surface area contributed by atoms with Crippen molar-refractivity contribution in [2.24, 2.45) is 5.41 Å². The van der Waals surface area contributed by atoms with Crippen LogP contribution in [0.5, 0.6) is 0 Å². The molecule has 0 saturated carbocycles. The van der Waals surface area contributed by atoms with Crippen LogP contribution in [0.3, 0.4) is 0 Å². The Bertz CT molecular complexity index is 424. The second kappa shape index (κ2) is 4.63. The summed E-state index contributed by atoms with van der Waals surface area (Å²) >= 11 is 5.86. The molecule has 1 aliphatic heterocycles. The van der Waals surface area contributed by atoms with Crippen LogP contribution >= 0.6 is 11.6 Å². The summed E-state index contributed by atoms with van der Waals surface area (Å²) < 4.78 is 13.5. The van der Waals surface area contributed by atoms with Gasteiger partial charge < -0.3 is 10.6 Å². The Kier molecular flexibility index (Phi) is 3.35. The van der Waals surface area contributed by atoms with Gasteiger partial charge in [0.2, 0.25) is 5.91 Å². The number of carbonyl (C=O) groups is 1. The summed E-state index contributed by atoms with van der Waals surface area (Å²) in [4.78, 5) is 12.1. The van der Waals surface area contributed by atoms with Crippen LogP contribution in [-0.2, 0) is 4.79 Å². The van der Waals surface area contributed by atoms with Crippen molar-refractivity contribution < 1.29 is 9.18 Å². The van der Waals surface area contributed by atoms with Gasteiger partial charge in [-0.1, -0.05) is 17.7 Å². The molecular weight excluding hydrogens is 243 g/mol. The van der Waals surface area contributed by atoms with Crippen molar-refractivity contribution in [1.29, 1.82) is 0 Å². The molecule has 1 fully saturated rings. The van der Waals surface area contributed by atoms with Crippen LogP contribution in [0.1, 0.15) is 13.3 Å². The number of halogens is 2. The number of hydrogen-bond donors (Lipinski definition) is 2. The average Bonchev–Trinajstić information content (AvgIpc) is 2.72. The molecule has 0 bridgehead atoms. The topological polar surface area (TPSA) is 41.1 Å². The van der Waals surface area contributed by atoms with Crippen molar-refractivity contribution in [2.75, 3.05) is 18.4 Å². The largest absolute Gasteiger partial charge is 0.322 e. The fourth-order valence-corrected chi connectivity index (χ4v) is 2.10. The highest BCUT2D eigenvalue weighted by Crippen LogP contribution is 2.30. The van der Waals surface area contributed by atoms with Crippen LogP contribution in [0, 0.1) is 11.2 Å². The summed E-state index contributed by atoms with van der Waals surface area (Å²) in [6, 6.07) is 4.33. The van der Waals surface area contributed by atoms with Crippen LogP contribution in [0.15, 0.2) is 18.2 Å². The fraction of sp³-hybridized carbons (Fsp3) is 0.417. The highest BCUT2D eigenvalue weighted by Gasteiger charge is 2.36. The molecule has 2 N–H and O–H groups in total.